The summed E-state index contributed by atoms with van der Waals surface area (Å²) in [6.07, 6.45) is 2.99. The van der Waals surface area contributed by atoms with Gasteiger partial charge in [0, 0.05) is 0 Å². The van der Waals surface area contributed by atoms with Crippen LogP contribution in [0.25, 0.3) is 0 Å². The Morgan fingerprint density at radius 2 is 1.65 bits per heavy atom. The lowest BCUT2D eigenvalue weighted by Crippen LogP contribution is -2.18. The third-order valence-electron chi connectivity index (χ3n) is 4.36. The summed E-state index contributed by atoms with van der Waals surface area (Å²) < 4.78 is 65.8. The van der Waals surface area contributed by atoms with E-state index in [-0.39, 0.29) is 20.5 Å². The number of hydrogen-bond donors (Lipinski definition) is 1. The standard InChI is InChI=1S/C17H17ClFNO4S2/c18-16-11-15(8-9-17(16)19)26(23,24)20-12-4-3-7-14(10-12)25(21,22)13-5-1-2-6-13/h3-4,7-11,13,20H,1-2,5-6H2. The van der Waals surface area contributed by atoms with Crippen molar-refractivity contribution in [2.24, 2.45) is 0 Å². The average Bonchev–Trinajstić information content (AvgIpc) is 3.12. The molecule has 2 aromatic carbocycles. The first-order valence-electron chi connectivity index (χ1n) is 8.02. The molecule has 0 radical (unpaired) electrons. The summed E-state index contributed by atoms with van der Waals surface area (Å²) in [7, 11) is -7.53. The third-order valence-corrected chi connectivity index (χ3v) is 8.29. The van der Waals surface area contributed by atoms with Gasteiger partial charge in [-0.1, -0.05) is 30.5 Å². The highest BCUT2D eigenvalue weighted by molar-refractivity contribution is 7.93. The summed E-state index contributed by atoms with van der Waals surface area (Å²) in [4.78, 5) is -0.130. The molecular weight excluding hydrogens is 401 g/mol. The van der Waals surface area contributed by atoms with E-state index >= 15 is 0 Å². The van der Waals surface area contributed by atoms with Gasteiger partial charge in [0.2, 0.25) is 0 Å². The molecule has 2 aromatic rings. The molecule has 0 aromatic heterocycles. The minimum atomic E-state index is -4.03. The second-order valence-corrected chi connectivity index (χ2v) is 10.5. The number of halogens is 2. The van der Waals surface area contributed by atoms with Crippen LogP contribution in [0.2, 0.25) is 5.02 Å². The second-order valence-electron chi connectivity index (χ2n) is 6.16. The molecule has 1 N–H and O–H groups in total. The maximum Gasteiger partial charge on any atom is 0.261 e. The van der Waals surface area contributed by atoms with Crippen molar-refractivity contribution in [1.29, 1.82) is 0 Å². The first kappa shape index (κ1) is 19.1. The van der Waals surface area contributed by atoms with Crippen LogP contribution >= 0.6 is 11.6 Å². The van der Waals surface area contributed by atoms with E-state index in [1.165, 1.54) is 24.3 Å². The molecule has 26 heavy (non-hydrogen) atoms. The highest BCUT2D eigenvalue weighted by Gasteiger charge is 2.30. The minimum Gasteiger partial charge on any atom is -0.280 e. The van der Waals surface area contributed by atoms with Crippen LogP contribution < -0.4 is 4.72 Å². The van der Waals surface area contributed by atoms with Crippen LogP contribution in [0.1, 0.15) is 25.7 Å². The molecule has 0 spiro atoms. The van der Waals surface area contributed by atoms with Crippen LogP contribution in [0.3, 0.4) is 0 Å². The van der Waals surface area contributed by atoms with Crippen LogP contribution in [-0.4, -0.2) is 22.1 Å². The molecule has 9 heteroatoms. The maximum absolute atomic E-state index is 13.2. The highest BCUT2D eigenvalue weighted by Crippen LogP contribution is 2.31. The fraction of sp³-hybridized carbons (Fsp3) is 0.294. The van der Waals surface area contributed by atoms with Crippen molar-refractivity contribution in [3.8, 4) is 0 Å². The number of benzene rings is 2. The molecule has 0 saturated heterocycles. The number of hydrogen-bond acceptors (Lipinski definition) is 4. The van der Waals surface area contributed by atoms with E-state index in [2.05, 4.69) is 4.72 Å². The van der Waals surface area contributed by atoms with Gasteiger partial charge >= 0.3 is 0 Å². The van der Waals surface area contributed by atoms with Gasteiger partial charge < -0.3 is 0 Å². The number of nitrogens with one attached hydrogen (secondary N) is 1. The van der Waals surface area contributed by atoms with Crippen molar-refractivity contribution in [1.82, 2.24) is 0 Å². The Morgan fingerprint density at radius 1 is 0.962 bits per heavy atom. The van der Waals surface area contributed by atoms with Crippen LogP contribution in [0.15, 0.2) is 52.3 Å². The quantitative estimate of drug-likeness (QED) is 0.797. The second kappa shape index (κ2) is 7.17. The maximum atomic E-state index is 13.2. The first-order valence-corrected chi connectivity index (χ1v) is 11.4. The molecule has 1 aliphatic carbocycles. The molecule has 1 saturated carbocycles. The first-order chi connectivity index (χ1) is 12.2. The SMILES string of the molecule is O=S(=O)(Nc1cccc(S(=O)(=O)C2CCCC2)c1)c1ccc(F)c(Cl)c1. The Bertz CT molecular complexity index is 1030. The van der Waals surface area contributed by atoms with Crippen LogP contribution in [0.4, 0.5) is 10.1 Å². The fourth-order valence-electron chi connectivity index (χ4n) is 2.99. The summed E-state index contributed by atoms with van der Waals surface area (Å²) in [5.74, 6) is -0.727. The average molecular weight is 418 g/mol. The Morgan fingerprint density at radius 3 is 2.31 bits per heavy atom. The summed E-state index contributed by atoms with van der Waals surface area (Å²) in [5.41, 5.74) is 0.115. The van der Waals surface area contributed by atoms with Crippen LogP contribution in [0, 0.1) is 5.82 Å². The van der Waals surface area contributed by atoms with E-state index in [4.69, 9.17) is 11.6 Å². The normalized spacial score (nSPS) is 15.9. The summed E-state index contributed by atoms with van der Waals surface area (Å²) >= 11 is 5.63. The summed E-state index contributed by atoms with van der Waals surface area (Å²) in [6.45, 7) is 0. The molecule has 140 valence electrons. The monoisotopic (exact) mass is 417 g/mol. The molecule has 5 nitrogen and oxygen atoms in total. The molecule has 0 heterocycles. The van der Waals surface area contributed by atoms with Gasteiger partial charge in [-0.3, -0.25) is 4.72 Å². The Labute approximate surface area is 157 Å². The number of sulfone groups is 1. The lowest BCUT2D eigenvalue weighted by atomic mass is 10.3. The summed E-state index contributed by atoms with van der Waals surface area (Å²) in [5, 5.41) is -0.740. The Kier molecular flexibility index (Phi) is 5.28. The molecule has 0 amide bonds. The zero-order valence-corrected chi connectivity index (χ0v) is 16.0. The largest absolute Gasteiger partial charge is 0.280 e. The fourth-order valence-corrected chi connectivity index (χ4v) is 6.20. The lowest BCUT2D eigenvalue weighted by Gasteiger charge is -2.13. The van der Waals surface area contributed by atoms with Crippen LogP contribution in [0.5, 0.6) is 0 Å². The van der Waals surface area contributed by atoms with Crippen molar-refractivity contribution in [3.05, 3.63) is 53.3 Å². The molecule has 1 aliphatic rings. The molecule has 0 aliphatic heterocycles. The molecule has 0 unspecified atom stereocenters. The van der Waals surface area contributed by atoms with E-state index in [0.717, 1.165) is 31.0 Å². The van der Waals surface area contributed by atoms with E-state index in [9.17, 15) is 21.2 Å². The van der Waals surface area contributed by atoms with Crippen molar-refractivity contribution in [3.63, 3.8) is 0 Å². The van der Waals surface area contributed by atoms with Gasteiger partial charge in [-0.15, -0.1) is 0 Å². The number of sulfonamides is 1. The van der Waals surface area contributed by atoms with Gasteiger partial charge in [-0.05, 0) is 49.2 Å². The topological polar surface area (TPSA) is 80.3 Å². The van der Waals surface area contributed by atoms with E-state index in [1.54, 1.807) is 0 Å². The van der Waals surface area contributed by atoms with E-state index in [0.29, 0.717) is 12.8 Å². The molecule has 0 bridgehead atoms. The smallest absolute Gasteiger partial charge is 0.261 e. The van der Waals surface area contributed by atoms with Crippen molar-refractivity contribution in [2.75, 3.05) is 4.72 Å². The molecule has 0 atom stereocenters. The van der Waals surface area contributed by atoms with Crippen LogP contribution in [-0.2, 0) is 19.9 Å². The van der Waals surface area contributed by atoms with Crippen molar-refractivity contribution < 1.29 is 21.2 Å². The minimum absolute atomic E-state index is 0.0849. The van der Waals surface area contributed by atoms with Gasteiger partial charge in [0.25, 0.3) is 10.0 Å². The zero-order chi connectivity index (χ0) is 18.9. The number of rotatable bonds is 5. The van der Waals surface area contributed by atoms with Gasteiger partial charge in [0.05, 0.1) is 25.8 Å². The Balaban J connectivity index is 1.89. The zero-order valence-electron chi connectivity index (χ0n) is 13.7. The van der Waals surface area contributed by atoms with Crippen molar-refractivity contribution in [2.45, 2.75) is 40.7 Å². The predicted octanol–water partition coefficient (Wildman–Crippen LogP) is 4.00. The predicted molar refractivity (Wildman–Crippen MR) is 98.1 cm³/mol. The van der Waals surface area contributed by atoms with E-state index < -0.39 is 30.9 Å². The molecular formula is C17H17ClFNO4S2. The van der Waals surface area contributed by atoms with Gasteiger partial charge in [-0.2, -0.15) is 0 Å². The van der Waals surface area contributed by atoms with Gasteiger partial charge in [0.1, 0.15) is 5.82 Å². The van der Waals surface area contributed by atoms with Gasteiger partial charge in [0.15, 0.2) is 9.84 Å². The van der Waals surface area contributed by atoms with Crippen molar-refractivity contribution >= 4 is 37.1 Å². The Hall–Kier alpha value is -1.64. The lowest BCUT2D eigenvalue weighted by molar-refractivity contribution is 0.579. The van der Waals surface area contributed by atoms with Gasteiger partial charge in [-0.25, -0.2) is 21.2 Å². The molecule has 3 rings (SSSR count). The number of anilines is 1. The molecule has 1 fully saturated rings. The van der Waals surface area contributed by atoms with E-state index in [1.807, 2.05) is 0 Å². The summed E-state index contributed by atoms with van der Waals surface area (Å²) in [6, 6.07) is 8.74. The highest BCUT2D eigenvalue weighted by atomic mass is 35.5. The third kappa shape index (κ3) is 3.87.